The highest BCUT2D eigenvalue weighted by molar-refractivity contribution is 6.31. The molecule has 0 aliphatic rings. The van der Waals surface area contributed by atoms with Gasteiger partial charge in [-0.2, -0.15) is 4.68 Å². The van der Waals surface area contributed by atoms with Crippen LogP contribution in [0.5, 0.6) is 0 Å². The van der Waals surface area contributed by atoms with Gasteiger partial charge in [0.1, 0.15) is 0 Å². The fraction of sp³-hybridized carbons (Fsp3) is 0.125. The van der Waals surface area contributed by atoms with Crippen LogP contribution in [0.25, 0.3) is 5.69 Å². The lowest BCUT2D eigenvalue weighted by Gasteiger charge is -2.08. The van der Waals surface area contributed by atoms with Crippen molar-refractivity contribution in [2.45, 2.75) is 13.5 Å². The van der Waals surface area contributed by atoms with Crippen molar-refractivity contribution in [2.75, 3.05) is 0 Å². The molecule has 0 aliphatic heterocycles. The van der Waals surface area contributed by atoms with Gasteiger partial charge in [0.15, 0.2) is 5.82 Å². The number of aryl methyl sites for hydroxylation is 1. The second-order valence-corrected chi connectivity index (χ2v) is 5.37. The summed E-state index contributed by atoms with van der Waals surface area (Å²) in [4.78, 5) is 12.2. The van der Waals surface area contributed by atoms with E-state index >= 15 is 0 Å². The van der Waals surface area contributed by atoms with Gasteiger partial charge in [-0.1, -0.05) is 29.8 Å². The maximum atomic E-state index is 12.2. The summed E-state index contributed by atoms with van der Waals surface area (Å²) in [5.41, 5.74) is 2.24. The van der Waals surface area contributed by atoms with Crippen molar-refractivity contribution in [1.29, 1.82) is 0 Å². The number of hydrogen-bond acceptors (Lipinski definition) is 4. The van der Waals surface area contributed by atoms with E-state index < -0.39 is 0 Å². The SMILES string of the molecule is Cc1nnnn1-c1ccc(C(=O)NCc2ccccc2Cl)cc1. The number of benzene rings is 2. The minimum atomic E-state index is -0.162. The van der Waals surface area contributed by atoms with Crippen molar-refractivity contribution >= 4 is 17.5 Å². The van der Waals surface area contributed by atoms with Gasteiger partial charge in [-0.15, -0.1) is 5.10 Å². The quantitative estimate of drug-likeness (QED) is 0.799. The summed E-state index contributed by atoms with van der Waals surface area (Å²) in [6.07, 6.45) is 0. The van der Waals surface area contributed by atoms with Crippen LogP contribution in [-0.4, -0.2) is 26.1 Å². The monoisotopic (exact) mass is 327 g/mol. The first-order valence-electron chi connectivity index (χ1n) is 7.02. The lowest BCUT2D eigenvalue weighted by molar-refractivity contribution is 0.0951. The number of tetrazole rings is 1. The predicted octanol–water partition coefficient (Wildman–Crippen LogP) is 2.55. The number of hydrogen-bond donors (Lipinski definition) is 1. The number of aromatic nitrogens is 4. The van der Waals surface area contributed by atoms with Gasteiger partial charge in [0.2, 0.25) is 0 Å². The standard InChI is InChI=1S/C16H14ClN5O/c1-11-19-20-21-22(11)14-8-6-12(7-9-14)16(23)18-10-13-4-2-3-5-15(13)17/h2-9H,10H2,1H3,(H,18,23). The summed E-state index contributed by atoms with van der Waals surface area (Å²) in [5, 5.41) is 14.8. The van der Waals surface area contributed by atoms with Crippen LogP contribution in [0.3, 0.4) is 0 Å². The molecular weight excluding hydrogens is 314 g/mol. The van der Waals surface area contributed by atoms with Crippen LogP contribution in [0.15, 0.2) is 48.5 Å². The summed E-state index contributed by atoms with van der Waals surface area (Å²) in [6.45, 7) is 2.19. The van der Waals surface area contributed by atoms with Crippen LogP contribution in [0.2, 0.25) is 5.02 Å². The molecule has 0 bridgehead atoms. The van der Waals surface area contributed by atoms with E-state index in [0.717, 1.165) is 11.3 Å². The number of carbonyl (C=O) groups excluding carboxylic acids is 1. The predicted molar refractivity (Wildman–Crippen MR) is 86.5 cm³/mol. The molecule has 2 aromatic carbocycles. The van der Waals surface area contributed by atoms with Crippen LogP contribution in [0.4, 0.5) is 0 Å². The molecule has 1 aromatic heterocycles. The highest BCUT2D eigenvalue weighted by atomic mass is 35.5. The van der Waals surface area contributed by atoms with E-state index in [1.807, 2.05) is 25.1 Å². The highest BCUT2D eigenvalue weighted by Crippen LogP contribution is 2.15. The minimum Gasteiger partial charge on any atom is -0.348 e. The summed E-state index contributed by atoms with van der Waals surface area (Å²) in [7, 11) is 0. The number of amides is 1. The topological polar surface area (TPSA) is 72.7 Å². The summed E-state index contributed by atoms with van der Waals surface area (Å²) >= 11 is 6.07. The number of rotatable bonds is 4. The van der Waals surface area contributed by atoms with Gasteiger partial charge in [0.25, 0.3) is 5.91 Å². The van der Waals surface area contributed by atoms with Crippen molar-refractivity contribution in [3.63, 3.8) is 0 Å². The molecule has 1 heterocycles. The molecule has 3 aromatic rings. The molecule has 0 fully saturated rings. The Hall–Kier alpha value is -2.73. The van der Waals surface area contributed by atoms with E-state index in [1.165, 1.54) is 0 Å². The van der Waals surface area contributed by atoms with E-state index in [0.29, 0.717) is 23.0 Å². The van der Waals surface area contributed by atoms with Gasteiger partial charge < -0.3 is 5.32 Å². The number of halogens is 1. The molecule has 0 spiro atoms. The molecule has 0 aliphatic carbocycles. The molecule has 0 radical (unpaired) electrons. The molecule has 23 heavy (non-hydrogen) atoms. The lowest BCUT2D eigenvalue weighted by Crippen LogP contribution is -2.22. The van der Waals surface area contributed by atoms with Crippen molar-refractivity contribution in [3.8, 4) is 5.69 Å². The first-order valence-corrected chi connectivity index (χ1v) is 7.40. The smallest absolute Gasteiger partial charge is 0.251 e. The Morgan fingerprint density at radius 3 is 2.57 bits per heavy atom. The van der Waals surface area contributed by atoms with E-state index in [-0.39, 0.29) is 5.91 Å². The number of nitrogens with zero attached hydrogens (tertiary/aromatic N) is 4. The third kappa shape index (κ3) is 3.37. The Morgan fingerprint density at radius 2 is 1.91 bits per heavy atom. The fourth-order valence-corrected chi connectivity index (χ4v) is 2.35. The molecule has 0 atom stereocenters. The van der Waals surface area contributed by atoms with Crippen molar-refractivity contribution < 1.29 is 4.79 Å². The van der Waals surface area contributed by atoms with Crippen molar-refractivity contribution in [1.82, 2.24) is 25.5 Å². The fourth-order valence-electron chi connectivity index (χ4n) is 2.14. The molecule has 1 amide bonds. The van der Waals surface area contributed by atoms with Crippen molar-refractivity contribution in [2.24, 2.45) is 0 Å². The van der Waals surface area contributed by atoms with Crippen LogP contribution in [0.1, 0.15) is 21.7 Å². The van der Waals surface area contributed by atoms with E-state index in [9.17, 15) is 4.79 Å². The van der Waals surface area contributed by atoms with Gasteiger partial charge >= 0.3 is 0 Å². The normalized spacial score (nSPS) is 10.5. The minimum absolute atomic E-state index is 0.162. The van der Waals surface area contributed by atoms with Gasteiger partial charge in [-0.25, -0.2) is 0 Å². The molecule has 3 rings (SSSR count). The first-order chi connectivity index (χ1) is 11.1. The number of nitrogens with one attached hydrogen (secondary N) is 1. The molecule has 7 heteroatoms. The third-order valence-corrected chi connectivity index (χ3v) is 3.77. The highest BCUT2D eigenvalue weighted by Gasteiger charge is 2.08. The molecular formula is C16H14ClN5O. The molecule has 0 saturated heterocycles. The number of carbonyl (C=O) groups is 1. The third-order valence-electron chi connectivity index (χ3n) is 3.40. The van der Waals surface area contributed by atoms with Gasteiger partial charge in [0, 0.05) is 17.1 Å². The largest absolute Gasteiger partial charge is 0.348 e. The second-order valence-electron chi connectivity index (χ2n) is 4.96. The summed E-state index contributed by atoms with van der Waals surface area (Å²) < 4.78 is 1.60. The Kier molecular flexibility index (Phi) is 4.34. The average Bonchev–Trinajstić information content (AvgIpc) is 3.00. The van der Waals surface area contributed by atoms with E-state index in [2.05, 4.69) is 20.8 Å². The van der Waals surface area contributed by atoms with Crippen LogP contribution < -0.4 is 5.32 Å². The molecule has 1 N–H and O–H groups in total. The van der Waals surface area contributed by atoms with Crippen LogP contribution in [-0.2, 0) is 6.54 Å². The zero-order valence-electron chi connectivity index (χ0n) is 12.4. The average molecular weight is 328 g/mol. The Labute approximate surface area is 138 Å². The van der Waals surface area contributed by atoms with Gasteiger partial charge in [0.05, 0.1) is 5.69 Å². The van der Waals surface area contributed by atoms with Crippen LogP contribution in [0, 0.1) is 6.92 Å². The molecule has 116 valence electrons. The zero-order valence-corrected chi connectivity index (χ0v) is 13.2. The molecule has 0 saturated carbocycles. The Balaban J connectivity index is 1.69. The Bertz CT molecular complexity index is 828. The molecule has 0 unspecified atom stereocenters. The summed E-state index contributed by atoms with van der Waals surface area (Å²) in [5.74, 6) is 0.519. The van der Waals surface area contributed by atoms with Gasteiger partial charge in [-0.3, -0.25) is 4.79 Å². The summed E-state index contributed by atoms with van der Waals surface area (Å²) in [6, 6.07) is 14.5. The van der Waals surface area contributed by atoms with Crippen LogP contribution >= 0.6 is 11.6 Å². The maximum absolute atomic E-state index is 12.2. The second kappa shape index (κ2) is 6.58. The zero-order chi connectivity index (χ0) is 16.2. The van der Waals surface area contributed by atoms with E-state index in [4.69, 9.17) is 11.6 Å². The van der Waals surface area contributed by atoms with E-state index in [1.54, 1.807) is 35.0 Å². The lowest BCUT2D eigenvalue weighted by atomic mass is 10.1. The van der Waals surface area contributed by atoms with Crippen molar-refractivity contribution in [3.05, 3.63) is 70.5 Å². The first kappa shape index (κ1) is 15.2. The maximum Gasteiger partial charge on any atom is 0.251 e. The van der Waals surface area contributed by atoms with Gasteiger partial charge in [-0.05, 0) is 53.2 Å². The Morgan fingerprint density at radius 1 is 1.17 bits per heavy atom. The molecule has 6 nitrogen and oxygen atoms in total.